The molecule has 15 heavy (non-hydrogen) atoms. The van der Waals surface area contributed by atoms with Crippen molar-refractivity contribution in [2.45, 2.75) is 0 Å². The average molecular weight is 284 g/mol. The zero-order valence-electron chi connectivity index (χ0n) is 6.97. The van der Waals surface area contributed by atoms with Crippen molar-refractivity contribution < 1.29 is 4.39 Å². The molecule has 2 rings (SSSR count). The van der Waals surface area contributed by atoms with E-state index in [0.29, 0.717) is 9.21 Å². The van der Waals surface area contributed by atoms with E-state index in [-0.39, 0.29) is 16.1 Å². The van der Waals surface area contributed by atoms with E-state index in [1.807, 2.05) is 0 Å². The minimum Gasteiger partial charge on any atom is -0.214 e. The summed E-state index contributed by atoms with van der Waals surface area (Å²) in [5.41, 5.74) is 0.0666. The molecule has 0 fully saturated rings. The molecule has 0 saturated heterocycles. The van der Waals surface area contributed by atoms with E-state index in [2.05, 4.69) is 9.97 Å². The highest BCUT2D eigenvalue weighted by atomic mass is 35.5. The Morgan fingerprint density at radius 2 is 1.87 bits per heavy atom. The molecule has 0 amide bonds. The van der Waals surface area contributed by atoms with E-state index in [4.69, 9.17) is 34.8 Å². The van der Waals surface area contributed by atoms with Gasteiger partial charge in [0.25, 0.3) is 0 Å². The van der Waals surface area contributed by atoms with Crippen molar-refractivity contribution in [3.63, 3.8) is 0 Å². The van der Waals surface area contributed by atoms with E-state index < -0.39 is 5.82 Å². The summed E-state index contributed by atoms with van der Waals surface area (Å²) in [6.07, 6.45) is 0. The molecule has 0 saturated carbocycles. The first-order valence-electron chi connectivity index (χ1n) is 3.72. The van der Waals surface area contributed by atoms with Crippen LogP contribution < -0.4 is 0 Å². The van der Waals surface area contributed by atoms with Gasteiger partial charge in [-0.15, -0.1) is 11.3 Å². The highest BCUT2D eigenvalue weighted by Crippen LogP contribution is 2.33. The molecule has 0 radical (unpaired) electrons. The van der Waals surface area contributed by atoms with Crippen molar-refractivity contribution in [1.82, 2.24) is 9.97 Å². The fourth-order valence-electron chi connectivity index (χ4n) is 0.999. The molecule has 2 heterocycles. The lowest BCUT2D eigenvalue weighted by molar-refractivity contribution is 0.619. The van der Waals surface area contributed by atoms with Crippen LogP contribution in [0, 0.1) is 5.82 Å². The minimum atomic E-state index is -0.695. The predicted octanol–water partition coefficient (Wildman–Crippen LogP) is 4.30. The Kier molecular flexibility index (Phi) is 3.11. The van der Waals surface area contributed by atoms with Crippen LogP contribution >= 0.6 is 46.1 Å². The number of thiophene rings is 1. The molecule has 0 spiro atoms. The summed E-state index contributed by atoms with van der Waals surface area (Å²) >= 11 is 18.0. The van der Waals surface area contributed by atoms with E-state index in [1.165, 1.54) is 11.3 Å². The molecule has 0 N–H and O–H groups in total. The molecule has 78 valence electrons. The zero-order valence-corrected chi connectivity index (χ0v) is 10.1. The number of aromatic nitrogens is 2. The van der Waals surface area contributed by atoms with Crippen LogP contribution in [0.15, 0.2) is 12.1 Å². The molecule has 0 aliphatic rings. The fraction of sp³-hybridized carbons (Fsp3) is 0. The highest BCUT2D eigenvalue weighted by molar-refractivity contribution is 7.19. The molecule has 0 unspecified atom stereocenters. The third kappa shape index (κ3) is 2.23. The van der Waals surface area contributed by atoms with Crippen molar-refractivity contribution >= 4 is 46.1 Å². The number of nitrogens with zero attached hydrogens (tertiary/aromatic N) is 2. The van der Waals surface area contributed by atoms with Crippen LogP contribution in [0.3, 0.4) is 0 Å². The van der Waals surface area contributed by atoms with Crippen LogP contribution in [0.25, 0.3) is 10.6 Å². The smallest absolute Gasteiger partial charge is 0.214 e. The molecule has 2 aromatic heterocycles. The Balaban J connectivity index is 2.62. The lowest BCUT2D eigenvalue weighted by Gasteiger charge is -2.00. The Bertz CT molecular complexity index is 515. The van der Waals surface area contributed by atoms with Crippen molar-refractivity contribution in [3.05, 3.63) is 32.7 Å². The number of hydrogen-bond donors (Lipinski definition) is 0. The van der Waals surface area contributed by atoms with Crippen LogP contribution in [-0.2, 0) is 0 Å². The quantitative estimate of drug-likeness (QED) is 0.576. The van der Waals surface area contributed by atoms with E-state index in [0.717, 1.165) is 0 Å². The van der Waals surface area contributed by atoms with Crippen molar-refractivity contribution in [2.75, 3.05) is 0 Å². The molecule has 0 bridgehead atoms. The van der Waals surface area contributed by atoms with Gasteiger partial charge < -0.3 is 0 Å². The zero-order chi connectivity index (χ0) is 11.0. The summed E-state index contributed by atoms with van der Waals surface area (Å²) in [5.74, 6) is -0.695. The van der Waals surface area contributed by atoms with Gasteiger partial charge >= 0.3 is 0 Å². The monoisotopic (exact) mass is 282 g/mol. The Hall–Kier alpha value is -0.420. The number of hydrogen-bond acceptors (Lipinski definition) is 3. The van der Waals surface area contributed by atoms with Crippen molar-refractivity contribution in [2.24, 2.45) is 0 Å². The van der Waals surface area contributed by atoms with E-state index in [1.54, 1.807) is 12.1 Å². The van der Waals surface area contributed by atoms with Gasteiger partial charge in [-0.3, -0.25) is 0 Å². The van der Waals surface area contributed by atoms with Gasteiger partial charge in [-0.2, -0.15) is 0 Å². The SMILES string of the molecule is Fc1c(Cl)nc(Cl)nc1-c1ccc(Cl)s1. The topological polar surface area (TPSA) is 25.8 Å². The van der Waals surface area contributed by atoms with Gasteiger partial charge in [0.15, 0.2) is 11.0 Å². The second-order valence-electron chi connectivity index (χ2n) is 2.55. The average Bonchev–Trinajstić information content (AvgIpc) is 2.58. The number of rotatable bonds is 1. The van der Waals surface area contributed by atoms with Gasteiger partial charge in [0, 0.05) is 0 Å². The first-order chi connectivity index (χ1) is 7.08. The van der Waals surface area contributed by atoms with Crippen molar-refractivity contribution in [3.8, 4) is 10.6 Å². The molecular formula is C8H2Cl3FN2S. The fourth-order valence-corrected chi connectivity index (χ4v) is 2.41. The first-order valence-corrected chi connectivity index (χ1v) is 5.67. The number of halogens is 4. The maximum atomic E-state index is 13.5. The molecule has 0 aliphatic heterocycles. The van der Waals surface area contributed by atoms with E-state index in [9.17, 15) is 4.39 Å². The summed E-state index contributed by atoms with van der Waals surface area (Å²) in [6, 6.07) is 3.29. The summed E-state index contributed by atoms with van der Waals surface area (Å²) in [6.45, 7) is 0. The van der Waals surface area contributed by atoms with Crippen LogP contribution in [0.1, 0.15) is 0 Å². The standard InChI is InChI=1S/C8H2Cl3FN2S/c9-4-2-1-3(15-4)6-5(12)7(10)14-8(11)13-6/h1-2H. The molecule has 7 heteroatoms. The highest BCUT2D eigenvalue weighted by Gasteiger charge is 2.15. The maximum absolute atomic E-state index is 13.5. The molecule has 2 aromatic rings. The van der Waals surface area contributed by atoms with E-state index >= 15 is 0 Å². The summed E-state index contributed by atoms with van der Waals surface area (Å²) in [7, 11) is 0. The third-order valence-electron chi connectivity index (χ3n) is 1.59. The van der Waals surface area contributed by atoms with Gasteiger partial charge in [0.05, 0.1) is 9.21 Å². The molecule has 0 aromatic carbocycles. The molecule has 2 nitrogen and oxygen atoms in total. The van der Waals surface area contributed by atoms with Gasteiger partial charge in [-0.05, 0) is 23.7 Å². The summed E-state index contributed by atoms with van der Waals surface area (Å²) in [5, 5.41) is -0.393. The summed E-state index contributed by atoms with van der Waals surface area (Å²) in [4.78, 5) is 7.81. The van der Waals surface area contributed by atoms with Gasteiger partial charge in [0.1, 0.15) is 5.69 Å². The van der Waals surface area contributed by atoms with Gasteiger partial charge in [0.2, 0.25) is 5.28 Å². The lowest BCUT2D eigenvalue weighted by atomic mass is 10.3. The Morgan fingerprint density at radius 3 is 2.47 bits per heavy atom. The first kappa shape index (κ1) is 11.1. The lowest BCUT2D eigenvalue weighted by Crippen LogP contribution is -1.93. The van der Waals surface area contributed by atoms with Gasteiger partial charge in [-0.1, -0.05) is 23.2 Å². The van der Waals surface area contributed by atoms with Crippen LogP contribution in [-0.4, -0.2) is 9.97 Å². The molecule has 0 aliphatic carbocycles. The Morgan fingerprint density at radius 1 is 1.13 bits per heavy atom. The predicted molar refractivity (Wildman–Crippen MR) is 60.3 cm³/mol. The van der Waals surface area contributed by atoms with Crippen LogP contribution in [0.5, 0.6) is 0 Å². The normalized spacial score (nSPS) is 10.7. The second-order valence-corrected chi connectivity index (χ2v) is 4.96. The Labute approximate surface area is 104 Å². The second kappa shape index (κ2) is 4.22. The minimum absolute atomic E-state index is 0.0666. The van der Waals surface area contributed by atoms with Crippen LogP contribution in [0.2, 0.25) is 14.8 Å². The molecular weight excluding hydrogens is 282 g/mol. The van der Waals surface area contributed by atoms with Crippen LogP contribution in [0.4, 0.5) is 4.39 Å². The largest absolute Gasteiger partial charge is 0.224 e. The summed E-state index contributed by atoms with van der Waals surface area (Å²) < 4.78 is 14.1. The van der Waals surface area contributed by atoms with Crippen molar-refractivity contribution in [1.29, 1.82) is 0 Å². The maximum Gasteiger partial charge on any atom is 0.224 e. The molecule has 0 atom stereocenters. The third-order valence-corrected chi connectivity index (χ3v) is 3.25. The van der Waals surface area contributed by atoms with Gasteiger partial charge in [-0.25, -0.2) is 14.4 Å².